The molecule has 0 saturated carbocycles. The molecule has 3 aromatic rings. The molecule has 1 aromatic heterocycles. The Hall–Kier alpha value is -2.74. The van der Waals surface area contributed by atoms with Crippen molar-refractivity contribution in [2.24, 2.45) is 0 Å². The minimum Gasteiger partial charge on any atom is -0.497 e. The van der Waals surface area contributed by atoms with Crippen molar-refractivity contribution in [2.75, 3.05) is 20.8 Å². The fraction of sp³-hybridized carbons (Fsp3) is 0.304. The van der Waals surface area contributed by atoms with E-state index in [0.29, 0.717) is 32.8 Å². The van der Waals surface area contributed by atoms with Gasteiger partial charge in [0.15, 0.2) is 0 Å². The van der Waals surface area contributed by atoms with E-state index in [4.69, 9.17) is 32.7 Å². The van der Waals surface area contributed by atoms with Crippen LogP contribution in [0.1, 0.15) is 28.6 Å². The molecule has 0 saturated heterocycles. The number of aromatic nitrogens is 2. The van der Waals surface area contributed by atoms with Gasteiger partial charge in [0.2, 0.25) is 5.91 Å². The number of aliphatic hydroxyl groups excluding tert-OH is 1. The third-order valence-corrected chi connectivity index (χ3v) is 5.74. The Labute approximate surface area is 196 Å². The van der Waals surface area contributed by atoms with Crippen molar-refractivity contribution in [3.8, 4) is 17.2 Å². The maximum atomic E-state index is 12.6. The van der Waals surface area contributed by atoms with Crippen LogP contribution in [-0.2, 0) is 11.2 Å². The van der Waals surface area contributed by atoms with E-state index in [9.17, 15) is 9.90 Å². The van der Waals surface area contributed by atoms with E-state index >= 15 is 0 Å². The molecule has 0 aliphatic rings. The van der Waals surface area contributed by atoms with Gasteiger partial charge >= 0.3 is 0 Å². The zero-order valence-electron chi connectivity index (χ0n) is 18.3. The summed E-state index contributed by atoms with van der Waals surface area (Å²) in [4.78, 5) is 12.6. The molecule has 1 atom stereocenters. The lowest BCUT2D eigenvalue weighted by molar-refractivity contribution is -0.120. The Morgan fingerprint density at radius 1 is 1.16 bits per heavy atom. The second-order valence-electron chi connectivity index (χ2n) is 7.26. The monoisotopic (exact) mass is 477 g/mol. The number of methoxy groups -OCH3 is 2. The first-order valence-electron chi connectivity index (χ1n) is 9.92. The molecule has 0 bridgehead atoms. The standard InChI is InChI=1S/C23H25Cl2N3O4/c1-13-17(14(2)28(27-13)20-7-5-15(24)9-19(20)25)11-23(30)26-12-21(29)18-10-16(31-3)6-8-22(18)32-4/h5-10,21,29H,11-12H2,1-4H3,(H,26,30). The fourth-order valence-electron chi connectivity index (χ4n) is 3.46. The van der Waals surface area contributed by atoms with Crippen LogP contribution in [-0.4, -0.2) is 41.6 Å². The lowest BCUT2D eigenvalue weighted by Crippen LogP contribution is -2.30. The van der Waals surface area contributed by atoms with E-state index in [-0.39, 0.29) is 18.9 Å². The van der Waals surface area contributed by atoms with Gasteiger partial charge in [-0.15, -0.1) is 0 Å². The molecule has 0 fully saturated rings. The maximum Gasteiger partial charge on any atom is 0.224 e. The third-order valence-electron chi connectivity index (χ3n) is 5.20. The molecule has 0 aliphatic heterocycles. The van der Waals surface area contributed by atoms with Crippen molar-refractivity contribution < 1.29 is 19.4 Å². The molecule has 9 heteroatoms. The number of amides is 1. The Bertz CT molecular complexity index is 1130. The van der Waals surface area contributed by atoms with Crippen LogP contribution >= 0.6 is 23.2 Å². The van der Waals surface area contributed by atoms with Crippen LogP contribution in [0.2, 0.25) is 10.0 Å². The molecule has 170 valence electrons. The van der Waals surface area contributed by atoms with Crippen molar-refractivity contribution >= 4 is 29.1 Å². The Kier molecular flexibility index (Phi) is 7.66. The molecule has 7 nitrogen and oxygen atoms in total. The predicted octanol–water partition coefficient (Wildman–Crippen LogP) is 4.21. The van der Waals surface area contributed by atoms with Crippen molar-refractivity contribution in [3.05, 3.63) is 69.0 Å². The Morgan fingerprint density at radius 2 is 1.91 bits per heavy atom. The van der Waals surface area contributed by atoms with Gasteiger partial charge in [-0.1, -0.05) is 23.2 Å². The topological polar surface area (TPSA) is 85.6 Å². The van der Waals surface area contributed by atoms with E-state index in [1.807, 2.05) is 13.8 Å². The van der Waals surface area contributed by atoms with Gasteiger partial charge in [-0.25, -0.2) is 4.68 Å². The maximum absolute atomic E-state index is 12.6. The number of carbonyl (C=O) groups excluding carboxylic acids is 1. The molecule has 2 N–H and O–H groups in total. The van der Waals surface area contributed by atoms with Crippen molar-refractivity contribution in [1.82, 2.24) is 15.1 Å². The minimum absolute atomic E-state index is 0.0254. The van der Waals surface area contributed by atoms with Gasteiger partial charge in [0.25, 0.3) is 0 Å². The van der Waals surface area contributed by atoms with Crippen LogP contribution in [0, 0.1) is 13.8 Å². The van der Waals surface area contributed by atoms with E-state index in [0.717, 1.165) is 17.0 Å². The van der Waals surface area contributed by atoms with Crippen molar-refractivity contribution in [2.45, 2.75) is 26.4 Å². The highest BCUT2D eigenvalue weighted by molar-refractivity contribution is 6.35. The number of benzene rings is 2. The zero-order chi connectivity index (χ0) is 23.4. The van der Waals surface area contributed by atoms with Crippen LogP contribution in [0.15, 0.2) is 36.4 Å². The first-order chi connectivity index (χ1) is 15.2. The molecule has 0 radical (unpaired) electrons. The van der Waals surface area contributed by atoms with Crippen LogP contribution in [0.4, 0.5) is 0 Å². The highest BCUT2D eigenvalue weighted by Gasteiger charge is 2.19. The normalized spacial score (nSPS) is 11.8. The van der Waals surface area contributed by atoms with E-state index in [2.05, 4.69) is 10.4 Å². The number of aliphatic hydroxyl groups is 1. The molecular weight excluding hydrogens is 453 g/mol. The second kappa shape index (κ2) is 10.3. The second-order valence-corrected chi connectivity index (χ2v) is 8.11. The van der Waals surface area contributed by atoms with E-state index < -0.39 is 6.10 Å². The Balaban J connectivity index is 1.71. The lowest BCUT2D eigenvalue weighted by Gasteiger charge is -2.16. The number of nitrogens with zero attached hydrogens (tertiary/aromatic N) is 2. The molecule has 3 rings (SSSR count). The summed E-state index contributed by atoms with van der Waals surface area (Å²) in [6, 6.07) is 10.3. The smallest absolute Gasteiger partial charge is 0.224 e. The third kappa shape index (κ3) is 5.18. The summed E-state index contributed by atoms with van der Waals surface area (Å²) in [6.45, 7) is 3.74. The van der Waals surface area contributed by atoms with Crippen LogP contribution in [0.3, 0.4) is 0 Å². The van der Waals surface area contributed by atoms with Crippen molar-refractivity contribution in [1.29, 1.82) is 0 Å². The molecule has 32 heavy (non-hydrogen) atoms. The van der Waals surface area contributed by atoms with Gasteiger partial charge in [0.1, 0.15) is 11.5 Å². The summed E-state index contributed by atoms with van der Waals surface area (Å²) in [6.07, 6.45) is -0.841. The molecule has 1 amide bonds. The number of hydrogen-bond acceptors (Lipinski definition) is 5. The average molecular weight is 478 g/mol. The number of ether oxygens (including phenoxy) is 2. The summed E-state index contributed by atoms with van der Waals surface area (Å²) in [5.41, 5.74) is 3.53. The number of aryl methyl sites for hydroxylation is 1. The molecule has 2 aromatic carbocycles. The van der Waals surface area contributed by atoms with Crippen LogP contribution in [0.5, 0.6) is 11.5 Å². The highest BCUT2D eigenvalue weighted by atomic mass is 35.5. The lowest BCUT2D eigenvalue weighted by atomic mass is 10.1. The van der Waals surface area contributed by atoms with E-state index in [1.165, 1.54) is 7.11 Å². The van der Waals surface area contributed by atoms with Gasteiger partial charge < -0.3 is 19.9 Å². The molecule has 1 heterocycles. The van der Waals surface area contributed by atoms with Gasteiger partial charge in [-0.05, 0) is 50.2 Å². The van der Waals surface area contributed by atoms with Crippen molar-refractivity contribution in [3.63, 3.8) is 0 Å². The molecule has 0 spiro atoms. The van der Waals surface area contributed by atoms with Crippen LogP contribution in [0.25, 0.3) is 5.69 Å². The molecule has 0 aliphatic carbocycles. The molecule has 1 unspecified atom stereocenters. The average Bonchev–Trinajstić information content (AvgIpc) is 3.05. The molecular formula is C23H25Cl2N3O4. The number of nitrogens with one attached hydrogen (secondary N) is 1. The Morgan fingerprint density at radius 3 is 2.56 bits per heavy atom. The highest BCUT2D eigenvalue weighted by Crippen LogP contribution is 2.29. The summed E-state index contributed by atoms with van der Waals surface area (Å²) in [5.74, 6) is 0.866. The quantitative estimate of drug-likeness (QED) is 0.507. The number of hydrogen-bond donors (Lipinski definition) is 2. The van der Waals surface area contributed by atoms with Gasteiger partial charge in [-0.2, -0.15) is 5.10 Å². The first kappa shape index (κ1) is 23.9. The SMILES string of the molecule is COc1ccc(OC)c(C(O)CNC(=O)Cc2c(C)nn(-c3ccc(Cl)cc3Cl)c2C)c1. The van der Waals surface area contributed by atoms with Gasteiger partial charge in [0, 0.05) is 28.4 Å². The summed E-state index contributed by atoms with van der Waals surface area (Å²) in [5, 5.41) is 18.9. The predicted molar refractivity (Wildman–Crippen MR) is 124 cm³/mol. The summed E-state index contributed by atoms with van der Waals surface area (Å²) < 4.78 is 12.2. The minimum atomic E-state index is -0.957. The van der Waals surface area contributed by atoms with E-state index in [1.54, 1.807) is 48.2 Å². The number of carbonyl (C=O) groups is 1. The fourth-order valence-corrected chi connectivity index (χ4v) is 3.95. The zero-order valence-corrected chi connectivity index (χ0v) is 19.8. The summed E-state index contributed by atoms with van der Waals surface area (Å²) in [7, 11) is 3.06. The first-order valence-corrected chi connectivity index (χ1v) is 10.7. The summed E-state index contributed by atoms with van der Waals surface area (Å²) >= 11 is 12.3. The number of rotatable bonds is 8. The van der Waals surface area contributed by atoms with Gasteiger partial charge in [0.05, 0.1) is 43.1 Å². The largest absolute Gasteiger partial charge is 0.497 e. The van der Waals surface area contributed by atoms with Crippen LogP contribution < -0.4 is 14.8 Å². The van der Waals surface area contributed by atoms with Gasteiger partial charge in [-0.3, -0.25) is 4.79 Å². The number of halogens is 2.